The number of rotatable bonds is 6. The van der Waals surface area contributed by atoms with Gasteiger partial charge in [-0.3, -0.25) is 4.79 Å². The predicted molar refractivity (Wildman–Crippen MR) is 87.1 cm³/mol. The van der Waals surface area contributed by atoms with Crippen LogP contribution in [0, 0.1) is 0 Å². The van der Waals surface area contributed by atoms with E-state index in [9.17, 15) is 9.90 Å². The third-order valence-electron chi connectivity index (χ3n) is 2.96. The lowest BCUT2D eigenvalue weighted by atomic mass is 10.1. The Morgan fingerprint density at radius 2 is 1.90 bits per heavy atom. The summed E-state index contributed by atoms with van der Waals surface area (Å²) < 4.78 is 0.745. The minimum absolute atomic E-state index is 0.0346. The smallest absolute Gasteiger partial charge is 0.222 e. The van der Waals surface area contributed by atoms with E-state index >= 15 is 0 Å². The van der Waals surface area contributed by atoms with Gasteiger partial charge in [0.2, 0.25) is 5.91 Å². The van der Waals surface area contributed by atoms with Gasteiger partial charge in [0, 0.05) is 16.4 Å². The minimum atomic E-state index is -0.821. The Morgan fingerprint density at radius 1 is 1.19 bits per heavy atom. The molecule has 2 N–H and O–H groups in total. The number of halogens is 2. The van der Waals surface area contributed by atoms with Crippen LogP contribution in [0.25, 0.3) is 0 Å². The highest BCUT2D eigenvalue weighted by molar-refractivity contribution is 7.16. The van der Waals surface area contributed by atoms with Crippen molar-refractivity contribution in [2.75, 3.05) is 6.54 Å². The molecule has 1 atom stereocenters. The van der Waals surface area contributed by atoms with Crippen LogP contribution in [0.4, 0.5) is 0 Å². The molecule has 2 rings (SSSR count). The van der Waals surface area contributed by atoms with E-state index in [0.29, 0.717) is 17.1 Å². The van der Waals surface area contributed by atoms with Gasteiger partial charge in [0.05, 0.1) is 16.9 Å². The number of amides is 1. The lowest BCUT2D eigenvalue weighted by molar-refractivity contribution is -0.123. The average molecular weight is 344 g/mol. The zero-order chi connectivity index (χ0) is 15.2. The van der Waals surface area contributed by atoms with Gasteiger partial charge in [-0.15, -0.1) is 11.3 Å². The van der Waals surface area contributed by atoms with Crippen LogP contribution in [-0.4, -0.2) is 17.6 Å². The summed E-state index contributed by atoms with van der Waals surface area (Å²) in [7, 11) is 0. The van der Waals surface area contributed by atoms with E-state index in [2.05, 4.69) is 5.32 Å². The minimum Gasteiger partial charge on any atom is -0.388 e. The van der Waals surface area contributed by atoms with E-state index in [1.165, 1.54) is 11.3 Å². The lowest BCUT2D eigenvalue weighted by Gasteiger charge is -2.11. The third-order valence-corrected chi connectivity index (χ3v) is 4.50. The maximum Gasteiger partial charge on any atom is 0.222 e. The van der Waals surface area contributed by atoms with E-state index < -0.39 is 6.10 Å². The van der Waals surface area contributed by atoms with Crippen molar-refractivity contribution < 1.29 is 9.90 Å². The van der Waals surface area contributed by atoms with Gasteiger partial charge in [-0.1, -0.05) is 35.3 Å². The molecule has 0 bridgehead atoms. The lowest BCUT2D eigenvalue weighted by Crippen LogP contribution is -2.27. The van der Waals surface area contributed by atoms with E-state index in [0.717, 1.165) is 15.6 Å². The van der Waals surface area contributed by atoms with Gasteiger partial charge < -0.3 is 10.4 Å². The van der Waals surface area contributed by atoms with Gasteiger partial charge in [0.1, 0.15) is 0 Å². The molecule has 0 fully saturated rings. The Bertz CT molecular complexity index is 598. The predicted octanol–water partition coefficient (Wildman–Crippen LogP) is 3.84. The summed E-state index contributed by atoms with van der Waals surface area (Å²) >= 11 is 13.1. The van der Waals surface area contributed by atoms with Crippen molar-refractivity contribution in [3.05, 3.63) is 56.2 Å². The Hall–Kier alpha value is -1.07. The summed E-state index contributed by atoms with van der Waals surface area (Å²) in [6.07, 6.45) is -0.0501. The SMILES string of the molecule is O=C(CC(O)c1ccc(Cl)cc1)NCCc1ccc(Cl)s1. The second-order valence-corrected chi connectivity index (χ2v) is 6.81. The number of aliphatic hydroxyl groups excluding tert-OH is 1. The van der Waals surface area contributed by atoms with Gasteiger partial charge in [-0.25, -0.2) is 0 Å². The van der Waals surface area contributed by atoms with Crippen molar-refractivity contribution >= 4 is 40.4 Å². The third kappa shape index (κ3) is 5.32. The number of hydrogen-bond acceptors (Lipinski definition) is 3. The molecule has 0 aliphatic heterocycles. The van der Waals surface area contributed by atoms with Crippen LogP contribution in [0.1, 0.15) is 23.0 Å². The molecule has 0 aliphatic carbocycles. The maximum atomic E-state index is 11.8. The summed E-state index contributed by atoms with van der Waals surface area (Å²) in [4.78, 5) is 12.9. The summed E-state index contributed by atoms with van der Waals surface area (Å²) in [5.41, 5.74) is 0.680. The number of aliphatic hydroxyl groups is 1. The molecule has 0 aliphatic rings. The number of hydrogen-bond donors (Lipinski definition) is 2. The number of carbonyl (C=O) groups excluding carboxylic acids is 1. The largest absolute Gasteiger partial charge is 0.388 e. The van der Waals surface area contributed by atoms with E-state index in [1.807, 2.05) is 12.1 Å². The highest BCUT2D eigenvalue weighted by Crippen LogP contribution is 2.21. The topological polar surface area (TPSA) is 49.3 Å². The van der Waals surface area contributed by atoms with Crippen molar-refractivity contribution in [2.24, 2.45) is 0 Å². The molecule has 1 unspecified atom stereocenters. The van der Waals surface area contributed by atoms with Gasteiger partial charge >= 0.3 is 0 Å². The zero-order valence-corrected chi connectivity index (χ0v) is 13.5. The summed E-state index contributed by atoms with van der Waals surface area (Å²) in [5, 5.41) is 13.4. The molecule has 1 aromatic heterocycles. The van der Waals surface area contributed by atoms with E-state index in [-0.39, 0.29) is 12.3 Å². The highest BCUT2D eigenvalue weighted by atomic mass is 35.5. The molecule has 3 nitrogen and oxygen atoms in total. The Balaban J connectivity index is 1.75. The molecule has 21 heavy (non-hydrogen) atoms. The molecular formula is C15H15Cl2NO2S. The first-order valence-corrected chi connectivity index (χ1v) is 8.06. The molecule has 1 amide bonds. The summed E-state index contributed by atoms with van der Waals surface area (Å²) in [5.74, 6) is -0.180. The van der Waals surface area contributed by atoms with Crippen LogP contribution in [0.5, 0.6) is 0 Å². The van der Waals surface area contributed by atoms with E-state index in [4.69, 9.17) is 23.2 Å². The van der Waals surface area contributed by atoms with Crippen molar-refractivity contribution in [1.29, 1.82) is 0 Å². The van der Waals surface area contributed by atoms with Crippen LogP contribution >= 0.6 is 34.5 Å². The fraction of sp³-hybridized carbons (Fsp3) is 0.267. The van der Waals surface area contributed by atoms with E-state index in [1.54, 1.807) is 24.3 Å². The van der Waals surface area contributed by atoms with Crippen molar-refractivity contribution in [3.8, 4) is 0 Å². The second-order valence-electron chi connectivity index (χ2n) is 4.58. The molecule has 0 spiro atoms. The van der Waals surface area contributed by atoms with Crippen LogP contribution in [-0.2, 0) is 11.2 Å². The first-order chi connectivity index (χ1) is 10.0. The van der Waals surface area contributed by atoms with Gasteiger partial charge in [0.25, 0.3) is 0 Å². The van der Waals surface area contributed by atoms with Gasteiger partial charge in [-0.2, -0.15) is 0 Å². The van der Waals surface area contributed by atoms with Gasteiger partial charge in [0.15, 0.2) is 0 Å². The van der Waals surface area contributed by atoms with Crippen molar-refractivity contribution in [2.45, 2.75) is 18.9 Å². The molecule has 112 valence electrons. The van der Waals surface area contributed by atoms with Crippen LogP contribution in [0.3, 0.4) is 0 Å². The van der Waals surface area contributed by atoms with Crippen LogP contribution in [0.2, 0.25) is 9.36 Å². The quantitative estimate of drug-likeness (QED) is 0.837. The number of benzene rings is 1. The number of thiophene rings is 1. The molecule has 0 radical (unpaired) electrons. The normalized spacial score (nSPS) is 12.1. The summed E-state index contributed by atoms with van der Waals surface area (Å²) in [6.45, 7) is 0.531. The van der Waals surface area contributed by atoms with Crippen molar-refractivity contribution in [3.63, 3.8) is 0 Å². The fourth-order valence-corrected chi connectivity index (χ4v) is 3.07. The molecule has 0 saturated heterocycles. The first-order valence-electron chi connectivity index (χ1n) is 6.49. The maximum absolute atomic E-state index is 11.8. The number of nitrogens with one attached hydrogen (secondary N) is 1. The number of carbonyl (C=O) groups is 1. The molecule has 2 aromatic rings. The highest BCUT2D eigenvalue weighted by Gasteiger charge is 2.12. The average Bonchev–Trinajstić information content (AvgIpc) is 2.85. The Labute approximate surface area is 137 Å². The monoisotopic (exact) mass is 343 g/mol. The van der Waals surface area contributed by atoms with Gasteiger partial charge in [-0.05, 0) is 36.2 Å². The van der Waals surface area contributed by atoms with Crippen LogP contribution in [0.15, 0.2) is 36.4 Å². The molecular weight excluding hydrogens is 329 g/mol. The standard InChI is InChI=1S/C15H15Cl2NO2S/c16-11-3-1-10(2-4-11)13(19)9-15(20)18-8-7-12-5-6-14(17)21-12/h1-6,13,19H,7-9H2,(H,18,20). The molecule has 6 heteroatoms. The fourth-order valence-electron chi connectivity index (χ4n) is 1.86. The summed E-state index contributed by atoms with van der Waals surface area (Å²) in [6, 6.07) is 10.6. The molecule has 1 aromatic carbocycles. The van der Waals surface area contributed by atoms with Crippen LogP contribution < -0.4 is 5.32 Å². The second kappa shape index (κ2) is 7.80. The first kappa shape index (κ1) is 16.3. The van der Waals surface area contributed by atoms with Crippen molar-refractivity contribution in [1.82, 2.24) is 5.32 Å². The molecule has 1 heterocycles. The molecule has 0 saturated carbocycles. The zero-order valence-electron chi connectivity index (χ0n) is 11.2. The Morgan fingerprint density at radius 3 is 2.52 bits per heavy atom. The Kier molecular flexibility index (Phi) is 6.06.